The van der Waals surface area contributed by atoms with E-state index < -0.39 is 6.04 Å². The maximum Gasteiger partial charge on any atom is 0.259 e. The number of hydrogen-bond acceptors (Lipinski definition) is 3. The molecule has 0 spiro atoms. The van der Waals surface area contributed by atoms with Gasteiger partial charge in [0.05, 0.1) is 6.61 Å². The average Bonchev–Trinajstić information content (AvgIpc) is 3.01. The second-order valence-electron chi connectivity index (χ2n) is 5.67. The molecule has 5 heteroatoms. The molecule has 0 saturated carbocycles. The van der Waals surface area contributed by atoms with Crippen molar-refractivity contribution in [3.8, 4) is 0 Å². The van der Waals surface area contributed by atoms with Gasteiger partial charge in [0.1, 0.15) is 6.04 Å². The van der Waals surface area contributed by atoms with Crippen LogP contribution in [-0.4, -0.2) is 38.1 Å². The summed E-state index contributed by atoms with van der Waals surface area (Å²) in [6.45, 7) is 0.869. The first-order valence-electron chi connectivity index (χ1n) is 7.95. The molecule has 0 bridgehead atoms. The highest BCUT2D eigenvalue weighted by Crippen LogP contribution is 2.33. The number of para-hydroxylation sites is 1. The van der Waals surface area contributed by atoms with Crippen molar-refractivity contribution < 1.29 is 14.3 Å². The lowest BCUT2D eigenvalue weighted by molar-refractivity contribution is -0.122. The van der Waals surface area contributed by atoms with Crippen LogP contribution >= 0.6 is 0 Å². The van der Waals surface area contributed by atoms with Gasteiger partial charge in [-0.25, -0.2) is 0 Å². The van der Waals surface area contributed by atoms with Crippen molar-refractivity contribution in [2.45, 2.75) is 12.5 Å². The second-order valence-corrected chi connectivity index (χ2v) is 5.67. The minimum atomic E-state index is -0.535. The van der Waals surface area contributed by atoms with Gasteiger partial charge < -0.3 is 10.1 Å². The van der Waals surface area contributed by atoms with E-state index in [1.54, 1.807) is 24.1 Å². The monoisotopic (exact) mass is 324 g/mol. The Hall–Kier alpha value is -2.66. The molecule has 0 fully saturated rings. The number of nitrogens with one attached hydrogen (secondary N) is 1. The lowest BCUT2D eigenvalue weighted by Gasteiger charge is -2.25. The van der Waals surface area contributed by atoms with E-state index in [0.29, 0.717) is 25.1 Å². The molecular weight excluding hydrogens is 304 g/mol. The Balaban J connectivity index is 1.89. The molecular formula is C19H20N2O3. The molecule has 3 rings (SSSR count). The summed E-state index contributed by atoms with van der Waals surface area (Å²) in [5.41, 5.74) is 2.39. The molecule has 2 aromatic rings. The van der Waals surface area contributed by atoms with Crippen molar-refractivity contribution in [2.75, 3.05) is 25.2 Å². The Morgan fingerprint density at radius 3 is 2.58 bits per heavy atom. The van der Waals surface area contributed by atoms with Gasteiger partial charge in [-0.15, -0.1) is 0 Å². The van der Waals surface area contributed by atoms with E-state index in [1.165, 1.54) is 0 Å². The lowest BCUT2D eigenvalue weighted by Crippen LogP contribution is -2.48. The zero-order valence-electron chi connectivity index (χ0n) is 13.6. The molecule has 0 aliphatic carbocycles. The highest BCUT2D eigenvalue weighted by atomic mass is 16.5. The van der Waals surface area contributed by atoms with Gasteiger partial charge in [0.25, 0.3) is 5.91 Å². The molecule has 1 atom stereocenters. The molecule has 1 aliphatic rings. The van der Waals surface area contributed by atoms with Gasteiger partial charge in [-0.05, 0) is 23.8 Å². The third kappa shape index (κ3) is 3.16. The predicted molar refractivity (Wildman–Crippen MR) is 92.1 cm³/mol. The minimum Gasteiger partial charge on any atom is -0.383 e. The Labute approximate surface area is 141 Å². The summed E-state index contributed by atoms with van der Waals surface area (Å²) in [5.74, 6) is -0.319. The Kier molecular flexibility index (Phi) is 4.91. The van der Waals surface area contributed by atoms with E-state index in [-0.39, 0.29) is 11.8 Å². The first kappa shape index (κ1) is 16.2. The van der Waals surface area contributed by atoms with Crippen LogP contribution in [0.2, 0.25) is 0 Å². The molecule has 5 nitrogen and oxygen atoms in total. The molecule has 0 radical (unpaired) electrons. The van der Waals surface area contributed by atoms with Crippen molar-refractivity contribution in [1.29, 1.82) is 0 Å². The number of hydrogen-bond donors (Lipinski definition) is 1. The zero-order chi connectivity index (χ0) is 16.9. The van der Waals surface area contributed by atoms with Gasteiger partial charge in [-0.2, -0.15) is 0 Å². The van der Waals surface area contributed by atoms with Crippen LogP contribution in [0.4, 0.5) is 5.69 Å². The fourth-order valence-corrected chi connectivity index (χ4v) is 2.96. The molecule has 0 saturated heterocycles. The molecule has 2 amide bonds. The van der Waals surface area contributed by atoms with Crippen LogP contribution in [0.3, 0.4) is 0 Å². The number of nitrogens with zero attached hydrogens (tertiary/aromatic N) is 1. The summed E-state index contributed by atoms with van der Waals surface area (Å²) < 4.78 is 4.97. The third-order valence-electron chi connectivity index (χ3n) is 4.12. The fourth-order valence-electron chi connectivity index (χ4n) is 2.96. The summed E-state index contributed by atoms with van der Waals surface area (Å²) in [6, 6.07) is 16.2. The maximum absolute atomic E-state index is 13.0. The van der Waals surface area contributed by atoms with Crippen molar-refractivity contribution in [3.63, 3.8) is 0 Å². The SMILES string of the molecule is COCCNC(=O)[C@H]1Cc2ccccc2N1C(=O)c1ccccc1. The summed E-state index contributed by atoms with van der Waals surface area (Å²) in [5, 5.41) is 2.84. The lowest BCUT2D eigenvalue weighted by atomic mass is 10.1. The molecule has 1 heterocycles. The van der Waals surface area contributed by atoms with Crippen molar-refractivity contribution in [2.24, 2.45) is 0 Å². The third-order valence-corrected chi connectivity index (χ3v) is 4.12. The standard InChI is InChI=1S/C19H20N2O3/c1-24-12-11-20-18(22)17-13-15-9-5-6-10-16(15)21(17)19(23)14-7-3-2-4-8-14/h2-10,17H,11-13H2,1H3,(H,20,22)/t17-/m1/s1. The zero-order valence-corrected chi connectivity index (χ0v) is 13.6. The number of carbonyl (C=O) groups excluding carboxylic acids is 2. The van der Waals surface area contributed by atoms with Gasteiger partial charge in [0.2, 0.25) is 5.91 Å². The van der Waals surface area contributed by atoms with Gasteiger partial charge in [-0.3, -0.25) is 14.5 Å². The number of ether oxygens (including phenoxy) is 1. The van der Waals surface area contributed by atoms with Crippen LogP contribution in [0.15, 0.2) is 54.6 Å². The van der Waals surface area contributed by atoms with E-state index >= 15 is 0 Å². The Morgan fingerprint density at radius 2 is 1.83 bits per heavy atom. The normalized spacial score (nSPS) is 15.9. The number of fused-ring (bicyclic) bond motifs is 1. The highest BCUT2D eigenvalue weighted by Gasteiger charge is 2.38. The van der Waals surface area contributed by atoms with E-state index in [9.17, 15) is 9.59 Å². The largest absolute Gasteiger partial charge is 0.383 e. The van der Waals surface area contributed by atoms with Crippen LogP contribution in [0.25, 0.3) is 0 Å². The smallest absolute Gasteiger partial charge is 0.259 e. The maximum atomic E-state index is 13.0. The number of methoxy groups -OCH3 is 1. The van der Waals surface area contributed by atoms with Crippen LogP contribution in [0, 0.1) is 0 Å². The fraction of sp³-hybridized carbons (Fsp3) is 0.263. The molecule has 0 aromatic heterocycles. The first-order valence-corrected chi connectivity index (χ1v) is 7.95. The first-order chi connectivity index (χ1) is 11.7. The summed E-state index contributed by atoms with van der Waals surface area (Å²) in [7, 11) is 1.59. The molecule has 1 aliphatic heterocycles. The minimum absolute atomic E-state index is 0.160. The Bertz CT molecular complexity index is 730. The van der Waals surface area contributed by atoms with E-state index in [1.807, 2.05) is 42.5 Å². The number of anilines is 1. The summed E-state index contributed by atoms with van der Waals surface area (Å²) in [4.78, 5) is 27.2. The van der Waals surface area contributed by atoms with E-state index in [4.69, 9.17) is 4.74 Å². The van der Waals surface area contributed by atoms with Gasteiger partial charge in [-0.1, -0.05) is 36.4 Å². The Morgan fingerprint density at radius 1 is 1.12 bits per heavy atom. The molecule has 24 heavy (non-hydrogen) atoms. The van der Waals surface area contributed by atoms with Crippen LogP contribution in [-0.2, 0) is 16.0 Å². The number of carbonyl (C=O) groups is 2. The van der Waals surface area contributed by atoms with E-state index in [2.05, 4.69) is 5.32 Å². The quantitative estimate of drug-likeness (QED) is 0.856. The van der Waals surface area contributed by atoms with Crippen LogP contribution < -0.4 is 10.2 Å². The molecule has 124 valence electrons. The molecule has 0 unspecified atom stereocenters. The van der Waals surface area contributed by atoms with Crippen molar-refractivity contribution in [3.05, 3.63) is 65.7 Å². The summed E-state index contributed by atoms with van der Waals surface area (Å²) in [6.07, 6.45) is 0.521. The second kappa shape index (κ2) is 7.27. The number of rotatable bonds is 5. The highest BCUT2D eigenvalue weighted by molar-refractivity contribution is 6.11. The number of amides is 2. The van der Waals surface area contributed by atoms with Gasteiger partial charge in [0.15, 0.2) is 0 Å². The van der Waals surface area contributed by atoms with E-state index in [0.717, 1.165) is 11.3 Å². The van der Waals surface area contributed by atoms with Crippen molar-refractivity contribution >= 4 is 17.5 Å². The predicted octanol–water partition coefficient (Wildman–Crippen LogP) is 2.02. The van der Waals surface area contributed by atoms with Gasteiger partial charge >= 0.3 is 0 Å². The van der Waals surface area contributed by atoms with Crippen LogP contribution in [0.1, 0.15) is 15.9 Å². The van der Waals surface area contributed by atoms with Crippen molar-refractivity contribution in [1.82, 2.24) is 5.32 Å². The topological polar surface area (TPSA) is 58.6 Å². The molecule has 1 N–H and O–H groups in total. The average molecular weight is 324 g/mol. The summed E-state index contributed by atoms with van der Waals surface area (Å²) >= 11 is 0. The number of benzene rings is 2. The van der Waals surface area contributed by atoms with Crippen LogP contribution in [0.5, 0.6) is 0 Å². The van der Waals surface area contributed by atoms with Gasteiger partial charge in [0, 0.05) is 31.3 Å². The molecule has 2 aromatic carbocycles.